The minimum atomic E-state index is -0.288. The number of fused-ring (bicyclic) bond motifs is 1. The van der Waals surface area contributed by atoms with Crippen molar-refractivity contribution in [3.8, 4) is 11.4 Å². The molecule has 0 aliphatic heterocycles. The summed E-state index contributed by atoms with van der Waals surface area (Å²) in [6, 6.07) is 16.9. The van der Waals surface area contributed by atoms with Gasteiger partial charge in [-0.3, -0.25) is 9.59 Å². The van der Waals surface area contributed by atoms with E-state index in [1.165, 1.54) is 5.56 Å². The summed E-state index contributed by atoms with van der Waals surface area (Å²) in [5.41, 5.74) is 2.75. The Morgan fingerprint density at radius 2 is 1.93 bits per heavy atom. The fraction of sp³-hybridized carbons (Fsp3) is 0.182. The third-order valence-electron chi connectivity index (χ3n) is 4.67. The van der Waals surface area contributed by atoms with Crippen LogP contribution >= 0.6 is 0 Å². The van der Waals surface area contributed by atoms with Gasteiger partial charge in [0.2, 0.25) is 17.6 Å². The number of pyridine rings is 1. The van der Waals surface area contributed by atoms with Crippen LogP contribution in [0, 0.1) is 0 Å². The Morgan fingerprint density at radius 1 is 1.14 bits per heavy atom. The standard InChI is InChI=1S/C22H20N4O3/c1-2-14-7-9-16(10-8-14)23-19(27)11-12-20-25-21(26-29-20)17-13-15-5-3-4-6-18(15)24-22(17)28/h3-10,13H,2,11-12H2,1H3,(H,23,27)(H,24,28). The molecule has 0 atom stereocenters. The number of hydrogen-bond donors (Lipinski definition) is 2. The molecule has 0 fully saturated rings. The van der Waals surface area contributed by atoms with Crippen LogP contribution in [0.4, 0.5) is 5.69 Å². The Kier molecular flexibility index (Phi) is 5.20. The molecule has 2 heterocycles. The minimum absolute atomic E-state index is 0.141. The first-order valence-corrected chi connectivity index (χ1v) is 9.46. The molecule has 0 unspecified atom stereocenters. The van der Waals surface area contributed by atoms with Gasteiger partial charge in [0.15, 0.2) is 0 Å². The van der Waals surface area contributed by atoms with Crippen molar-refractivity contribution in [1.29, 1.82) is 0 Å². The number of para-hydroxylation sites is 1. The van der Waals surface area contributed by atoms with Gasteiger partial charge in [0.25, 0.3) is 5.56 Å². The highest BCUT2D eigenvalue weighted by molar-refractivity contribution is 5.90. The number of nitrogens with zero attached hydrogens (tertiary/aromatic N) is 2. The Bertz CT molecular complexity index is 1210. The summed E-state index contributed by atoms with van der Waals surface area (Å²) >= 11 is 0. The maximum absolute atomic E-state index is 12.3. The molecule has 7 heteroatoms. The van der Waals surface area contributed by atoms with E-state index in [2.05, 4.69) is 27.4 Å². The number of benzene rings is 2. The van der Waals surface area contributed by atoms with Crippen molar-refractivity contribution in [3.63, 3.8) is 0 Å². The lowest BCUT2D eigenvalue weighted by molar-refractivity contribution is -0.116. The summed E-state index contributed by atoms with van der Waals surface area (Å²) in [5.74, 6) is 0.379. The minimum Gasteiger partial charge on any atom is -0.339 e. The van der Waals surface area contributed by atoms with Gasteiger partial charge in [-0.15, -0.1) is 0 Å². The molecule has 2 aromatic heterocycles. The first-order chi connectivity index (χ1) is 14.1. The molecule has 0 bridgehead atoms. The number of carbonyl (C=O) groups is 1. The summed E-state index contributed by atoms with van der Waals surface area (Å²) in [7, 11) is 0. The quantitative estimate of drug-likeness (QED) is 0.524. The predicted octanol–water partition coefficient (Wildman–Crippen LogP) is 3.71. The Hall–Kier alpha value is -3.74. The Labute approximate surface area is 166 Å². The number of nitrogens with one attached hydrogen (secondary N) is 2. The van der Waals surface area contributed by atoms with Gasteiger partial charge in [0, 0.05) is 24.0 Å². The lowest BCUT2D eigenvalue weighted by atomic mass is 10.1. The molecule has 0 radical (unpaired) electrons. The first kappa shape index (κ1) is 18.6. The maximum Gasteiger partial charge on any atom is 0.259 e. The van der Waals surface area contributed by atoms with E-state index in [0.717, 1.165) is 23.0 Å². The average Bonchev–Trinajstić information content (AvgIpc) is 3.21. The number of aromatic nitrogens is 3. The Morgan fingerprint density at radius 3 is 2.72 bits per heavy atom. The van der Waals surface area contributed by atoms with Gasteiger partial charge in [0.05, 0.1) is 5.56 Å². The van der Waals surface area contributed by atoms with Crippen LogP contribution in [-0.4, -0.2) is 21.0 Å². The van der Waals surface area contributed by atoms with Gasteiger partial charge < -0.3 is 14.8 Å². The highest BCUT2D eigenvalue weighted by atomic mass is 16.5. The number of carbonyl (C=O) groups excluding carboxylic acids is 1. The molecule has 0 saturated carbocycles. The maximum atomic E-state index is 12.3. The Balaban J connectivity index is 1.42. The van der Waals surface area contributed by atoms with Crippen LogP contribution in [0.25, 0.3) is 22.3 Å². The number of hydrogen-bond acceptors (Lipinski definition) is 5. The summed E-state index contributed by atoms with van der Waals surface area (Å²) in [6.45, 7) is 2.08. The molecular weight excluding hydrogens is 368 g/mol. The molecule has 0 aliphatic carbocycles. The van der Waals surface area contributed by atoms with E-state index < -0.39 is 0 Å². The van der Waals surface area contributed by atoms with Gasteiger partial charge in [-0.25, -0.2) is 0 Å². The number of aromatic amines is 1. The molecule has 0 saturated heterocycles. The van der Waals surface area contributed by atoms with Crippen LogP contribution in [0.15, 0.2) is 63.9 Å². The molecule has 7 nitrogen and oxygen atoms in total. The average molecular weight is 388 g/mol. The van der Waals surface area contributed by atoms with E-state index in [-0.39, 0.29) is 30.1 Å². The van der Waals surface area contributed by atoms with Crippen molar-refractivity contribution in [1.82, 2.24) is 15.1 Å². The van der Waals surface area contributed by atoms with Crippen molar-refractivity contribution in [3.05, 3.63) is 76.4 Å². The second-order valence-electron chi connectivity index (χ2n) is 6.71. The molecule has 2 aromatic carbocycles. The van der Waals surface area contributed by atoms with Gasteiger partial charge >= 0.3 is 0 Å². The van der Waals surface area contributed by atoms with E-state index in [9.17, 15) is 9.59 Å². The van der Waals surface area contributed by atoms with Gasteiger partial charge in [0.1, 0.15) is 0 Å². The SMILES string of the molecule is CCc1ccc(NC(=O)CCc2nc(-c3cc4ccccc4[nH]c3=O)no2)cc1. The topological polar surface area (TPSA) is 101 Å². The van der Waals surface area contributed by atoms with Crippen molar-refractivity contribution in [2.45, 2.75) is 26.2 Å². The molecular formula is C22H20N4O3. The summed E-state index contributed by atoms with van der Waals surface area (Å²) in [4.78, 5) is 31.6. The number of rotatable bonds is 6. The molecule has 146 valence electrons. The zero-order valence-electron chi connectivity index (χ0n) is 15.9. The first-order valence-electron chi connectivity index (χ1n) is 9.46. The van der Waals surface area contributed by atoms with Gasteiger partial charge in [-0.05, 0) is 41.6 Å². The third kappa shape index (κ3) is 4.24. The van der Waals surface area contributed by atoms with Crippen LogP contribution in [0.5, 0.6) is 0 Å². The molecule has 4 aromatic rings. The van der Waals surface area contributed by atoms with Gasteiger partial charge in [-0.1, -0.05) is 42.4 Å². The highest BCUT2D eigenvalue weighted by Gasteiger charge is 2.14. The van der Waals surface area contributed by atoms with Crippen molar-refractivity contribution in [2.75, 3.05) is 5.32 Å². The summed E-state index contributed by atoms with van der Waals surface area (Å²) in [5, 5.41) is 7.62. The highest BCUT2D eigenvalue weighted by Crippen LogP contribution is 2.17. The van der Waals surface area contributed by atoms with Gasteiger partial charge in [-0.2, -0.15) is 4.98 Å². The largest absolute Gasteiger partial charge is 0.339 e. The lowest BCUT2D eigenvalue weighted by Crippen LogP contribution is -2.12. The number of aryl methyl sites for hydroxylation is 2. The smallest absolute Gasteiger partial charge is 0.259 e. The summed E-state index contributed by atoms with van der Waals surface area (Å²) < 4.78 is 5.22. The zero-order valence-corrected chi connectivity index (χ0v) is 15.9. The second-order valence-corrected chi connectivity index (χ2v) is 6.71. The van der Waals surface area contributed by atoms with Crippen LogP contribution in [-0.2, 0) is 17.6 Å². The van der Waals surface area contributed by atoms with Crippen molar-refractivity contribution < 1.29 is 9.32 Å². The second kappa shape index (κ2) is 8.10. The van der Waals surface area contributed by atoms with E-state index in [0.29, 0.717) is 11.5 Å². The fourth-order valence-corrected chi connectivity index (χ4v) is 3.05. The number of H-pyrrole nitrogens is 1. The van der Waals surface area contributed by atoms with E-state index in [4.69, 9.17) is 4.52 Å². The van der Waals surface area contributed by atoms with Crippen LogP contribution < -0.4 is 10.9 Å². The van der Waals surface area contributed by atoms with E-state index in [1.54, 1.807) is 6.07 Å². The normalized spacial score (nSPS) is 10.9. The molecule has 2 N–H and O–H groups in total. The monoisotopic (exact) mass is 388 g/mol. The number of anilines is 1. The fourth-order valence-electron chi connectivity index (χ4n) is 3.05. The summed E-state index contributed by atoms with van der Waals surface area (Å²) in [6.07, 6.45) is 1.44. The molecule has 0 spiro atoms. The molecule has 4 rings (SSSR count). The van der Waals surface area contributed by atoms with Crippen LogP contribution in [0.2, 0.25) is 0 Å². The van der Waals surface area contributed by atoms with Crippen molar-refractivity contribution >= 4 is 22.5 Å². The van der Waals surface area contributed by atoms with Crippen LogP contribution in [0.1, 0.15) is 24.8 Å². The number of amides is 1. The third-order valence-corrected chi connectivity index (χ3v) is 4.67. The van der Waals surface area contributed by atoms with E-state index >= 15 is 0 Å². The molecule has 0 aliphatic rings. The van der Waals surface area contributed by atoms with E-state index in [1.807, 2.05) is 48.5 Å². The molecule has 1 amide bonds. The molecule has 29 heavy (non-hydrogen) atoms. The lowest BCUT2D eigenvalue weighted by Gasteiger charge is -2.05. The predicted molar refractivity (Wildman–Crippen MR) is 111 cm³/mol. The van der Waals surface area contributed by atoms with Crippen molar-refractivity contribution in [2.24, 2.45) is 0 Å². The van der Waals surface area contributed by atoms with Crippen LogP contribution in [0.3, 0.4) is 0 Å². The zero-order chi connectivity index (χ0) is 20.2.